The molecule has 2 rings (SSSR count). The number of rotatable bonds is 4. The van der Waals surface area contributed by atoms with Crippen molar-refractivity contribution in [2.45, 2.75) is 39.8 Å². The fraction of sp³-hybridized carbons (Fsp3) is 0.500. The summed E-state index contributed by atoms with van der Waals surface area (Å²) < 4.78 is 11.7. The molecule has 20 heavy (non-hydrogen) atoms. The molecule has 2 aromatic rings. The first kappa shape index (κ1) is 15.4. The molecule has 1 aromatic heterocycles. The third-order valence-corrected chi connectivity index (χ3v) is 3.59. The molecule has 0 spiro atoms. The van der Waals surface area contributed by atoms with Crippen LogP contribution in [-0.4, -0.2) is 12.7 Å². The second-order valence-corrected chi connectivity index (χ2v) is 6.54. The van der Waals surface area contributed by atoms with Gasteiger partial charge in [0.25, 0.3) is 0 Å². The molecule has 2 N–H and O–H groups in total. The summed E-state index contributed by atoms with van der Waals surface area (Å²) in [6.07, 6.45) is -0.108. The molecular formula is C16H22ClNO2. The molecule has 3 nitrogen and oxygen atoms in total. The molecule has 110 valence electrons. The maximum absolute atomic E-state index is 6.36. The number of ether oxygens (including phenoxy) is 1. The first-order valence-electron chi connectivity index (χ1n) is 6.89. The third kappa shape index (κ3) is 3.17. The van der Waals surface area contributed by atoms with E-state index in [9.17, 15) is 0 Å². The van der Waals surface area contributed by atoms with Crippen LogP contribution >= 0.6 is 11.6 Å². The van der Waals surface area contributed by atoms with E-state index in [0.29, 0.717) is 11.6 Å². The van der Waals surface area contributed by atoms with Crippen molar-refractivity contribution in [1.29, 1.82) is 0 Å². The molecule has 0 aliphatic rings. The predicted octanol–water partition coefficient (Wildman–Crippen LogP) is 4.54. The van der Waals surface area contributed by atoms with Gasteiger partial charge in [-0.25, -0.2) is 0 Å². The zero-order chi connectivity index (χ0) is 14.9. The Morgan fingerprint density at radius 2 is 2.00 bits per heavy atom. The van der Waals surface area contributed by atoms with Gasteiger partial charge in [0.2, 0.25) is 0 Å². The lowest BCUT2D eigenvalue weighted by Gasteiger charge is -2.33. The van der Waals surface area contributed by atoms with Gasteiger partial charge in [-0.3, -0.25) is 0 Å². The normalized spacial score (nSPS) is 15.5. The Labute approximate surface area is 125 Å². The first-order chi connectivity index (χ1) is 9.32. The lowest BCUT2D eigenvalue weighted by Crippen LogP contribution is -2.39. The van der Waals surface area contributed by atoms with Crippen molar-refractivity contribution in [3.63, 3.8) is 0 Å². The van der Waals surface area contributed by atoms with Crippen molar-refractivity contribution in [2.75, 3.05) is 6.61 Å². The molecule has 0 radical (unpaired) electrons. The highest BCUT2D eigenvalue weighted by Crippen LogP contribution is 2.34. The summed E-state index contributed by atoms with van der Waals surface area (Å²) in [5.41, 5.74) is 7.09. The van der Waals surface area contributed by atoms with E-state index < -0.39 is 0 Å². The molecule has 0 aliphatic heterocycles. The van der Waals surface area contributed by atoms with Crippen LogP contribution in [0.1, 0.15) is 39.5 Å². The van der Waals surface area contributed by atoms with E-state index in [1.807, 2.05) is 31.2 Å². The number of nitrogens with two attached hydrogens (primary N) is 1. The first-order valence-corrected chi connectivity index (χ1v) is 7.27. The van der Waals surface area contributed by atoms with E-state index in [1.54, 1.807) is 0 Å². The Balaban J connectivity index is 2.35. The third-order valence-electron chi connectivity index (χ3n) is 3.35. The van der Waals surface area contributed by atoms with Crippen LogP contribution < -0.4 is 5.73 Å². The van der Waals surface area contributed by atoms with E-state index in [-0.39, 0.29) is 17.6 Å². The SMILES string of the molecule is CCOC(C(N)c1cc2cc(Cl)ccc2o1)C(C)(C)C. The molecule has 2 unspecified atom stereocenters. The molecule has 0 fully saturated rings. The van der Waals surface area contributed by atoms with E-state index in [1.165, 1.54) is 0 Å². The van der Waals surface area contributed by atoms with Gasteiger partial charge in [-0.2, -0.15) is 0 Å². The fourth-order valence-electron chi connectivity index (χ4n) is 2.42. The second-order valence-electron chi connectivity index (χ2n) is 6.10. The van der Waals surface area contributed by atoms with Crippen molar-refractivity contribution in [3.05, 3.63) is 35.0 Å². The molecule has 0 amide bonds. The highest BCUT2D eigenvalue weighted by molar-refractivity contribution is 6.31. The van der Waals surface area contributed by atoms with Crippen LogP contribution in [0, 0.1) is 5.41 Å². The van der Waals surface area contributed by atoms with Gasteiger partial charge in [0, 0.05) is 17.0 Å². The van der Waals surface area contributed by atoms with Gasteiger partial charge in [-0.15, -0.1) is 0 Å². The second kappa shape index (κ2) is 5.76. The number of benzene rings is 1. The van der Waals surface area contributed by atoms with Crippen molar-refractivity contribution in [3.8, 4) is 0 Å². The Kier molecular flexibility index (Phi) is 4.43. The van der Waals surface area contributed by atoms with E-state index in [4.69, 9.17) is 26.5 Å². The lowest BCUT2D eigenvalue weighted by molar-refractivity contribution is -0.0319. The fourth-order valence-corrected chi connectivity index (χ4v) is 2.60. The van der Waals surface area contributed by atoms with E-state index in [2.05, 4.69) is 20.8 Å². The van der Waals surface area contributed by atoms with Crippen molar-refractivity contribution in [1.82, 2.24) is 0 Å². The predicted molar refractivity (Wildman–Crippen MR) is 83.0 cm³/mol. The molecule has 0 aliphatic carbocycles. The maximum Gasteiger partial charge on any atom is 0.134 e. The maximum atomic E-state index is 6.36. The Morgan fingerprint density at radius 3 is 2.60 bits per heavy atom. The van der Waals surface area contributed by atoms with Gasteiger partial charge < -0.3 is 14.9 Å². The molecule has 0 bridgehead atoms. The van der Waals surface area contributed by atoms with Gasteiger partial charge in [-0.1, -0.05) is 32.4 Å². The molecule has 1 heterocycles. The van der Waals surface area contributed by atoms with Crippen LogP contribution in [0.4, 0.5) is 0 Å². The highest BCUT2D eigenvalue weighted by Gasteiger charge is 2.33. The molecule has 1 aromatic carbocycles. The van der Waals surface area contributed by atoms with Crippen molar-refractivity contribution < 1.29 is 9.15 Å². The van der Waals surface area contributed by atoms with Gasteiger partial charge in [-0.05, 0) is 36.6 Å². The highest BCUT2D eigenvalue weighted by atomic mass is 35.5. The summed E-state index contributed by atoms with van der Waals surface area (Å²) >= 11 is 5.99. The smallest absolute Gasteiger partial charge is 0.134 e. The van der Waals surface area contributed by atoms with Gasteiger partial charge in [0.1, 0.15) is 11.3 Å². The van der Waals surface area contributed by atoms with Gasteiger partial charge in [0.15, 0.2) is 0 Å². The summed E-state index contributed by atoms with van der Waals surface area (Å²) in [6, 6.07) is 7.20. The summed E-state index contributed by atoms with van der Waals surface area (Å²) in [4.78, 5) is 0. The zero-order valence-corrected chi connectivity index (χ0v) is 13.2. The summed E-state index contributed by atoms with van der Waals surface area (Å²) in [7, 11) is 0. The van der Waals surface area contributed by atoms with Crippen LogP contribution in [0.3, 0.4) is 0 Å². The standard InChI is InChI=1S/C16H22ClNO2/c1-5-19-15(16(2,3)4)14(18)13-9-10-8-11(17)6-7-12(10)20-13/h6-9,14-15H,5,18H2,1-4H3. The molecule has 2 atom stereocenters. The summed E-state index contributed by atoms with van der Waals surface area (Å²) in [5.74, 6) is 0.732. The average Bonchev–Trinajstić information content (AvgIpc) is 2.76. The zero-order valence-electron chi connectivity index (χ0n) is 12.4. The topological polar surface area (TPSA) is 48.4 Å². The van der Waals surface area contributed by atoms with Crippen LogP contribution in [0.2, 0.25) is 5.02 Å². The van der Waals surface area contributed by atoms with Crippen molar-refractivity contribution in [2.24, 2.45) is 11.1 Å². The lowest BCUT2D eigenvalue weighted by atomic mass is 9.84. The monoisotopic (exact) mass is 295 g/mol. The number of furan rings is 1. The number of fused-ring (bicyclic) bond motifs is 1. The minimum absolute atomic E-state index is 0.0634. The number of hydrogen-bond donors (Lipinski definition) is 1. The minimum Gasteiger partial charge on any atom is -0.459 e. The van der Waals surface area contributed by atoms with Crippen LogP contribution in [0.15, 0.2) is 28.7 Å². The Bertz CT molecular complexity index is 586. The van der Waals surface area contributed by atoms with Crippen LogP contribution in [0.5, 0.6) is 0 Å². The Morgan fingerprint density at radius 1 is 1.30 bits per heavy atom. The largest absolute Gasteiger partial charge is 0.459 e. The quantitative estimate of drug-likeness (QED) is 0.901. The number of hydrogen-bond acceptors (Lipinski definition) is 3. The molecule has 0 saturated heterocycles. The minimum atomic E-state index is -0.305. The van der Waals surface area contributed by atoms with Crippen molar-refractivity contribution >= 4 is 22.6 Å². The number of halogens is 1. The van der Waals surface area contributed by atoms with Crippen LogP contribution in [-0.2, 0) is 4.74 Å². The van der Waals surface area contributed by atoms with Gasteiger partial charge in [0.05, 0.1) is 12.1 Å². The Hall–Kier alpha value is -1.03. The molecular weight excluding hydrogens is 274 g/mol. The average molecular weight is 296 g/mol. The van der Waals surface area contributed by atoms with Crippen LogP contribution in [0.25, 0.3) is 11.0 Å². The summed E-state index contributed by atoms with van der Waals surface area (Å²) in [6.45, 7) is 8.96. The van der Waals surface area contributed by atoms with Gasteiger partial charge >= 0.3 is 0 Å². The van der Waals surface area contributed by atoms with E-state index >= 15 is 0 Å². The summed E-state index contributed by atoms with van der Waals surface area (Å²) in [5, 5.41) is 1.66. The van der Waals surface area contributed by atoms with E-state index in [0.717, 1.165) is 16.7 Å². The molecule has 4 heteroatoms. The molecule has 0 saturated carbocycles.